The van der Waals surface area contributed by atoms with E-state index in [4.69, 9.17) is 0 Å². The number of halogens is 2. The molecule has 0 saturated heterocycles. The van der Waals surface area contributed by atoms with Crippen LogP contribution in [0.25, 0.3) is 11.1 Å². The van der Waals surface area contributed by atoms with Gasteiger partial charge in [-0.1, -0.05) is 72.2 Å². The van der Waals surface area contributed by atoms with E-state index < -0.39 is 0 Å². The van der Waals surface area contributed by atoms with Crippen molar-refractivity contribution in [3.63, 3.8) is 0 Å². The van der Waals surface area contributed by atoms with Crippen LogP contribution < -0.4 is 24.8 Å². The van der Waals surface area contributed by atoms with E-state index in [9.17, 15) is 0 Å². The molecule has 25 heavy (non-hydrogen) atoms. The Morgan fingerprint density at radius 2 is 1.44 bits per heavy atom. The maximum absolute atomic E-state index is 3.74. The van der Waals surface area contributed by atoms with Gasteiger partial charge in [-0.25, -0.2) is 0 Å². The van der Waals surface area contributed by atoms with Gasteiger partial charge in [0, 0.05) is 0 Å². The Hall–Kier alpha value is -0.0969. The minimum atomic E-state index is 0. The van der Waals surface area contributed by atoms with Crippen LogP contribution in [0.1, 0.15) is 69.4 Å². The van der Waals surface area contributed by atoms with Crippen LogP contribution in [0.2, 0.25) is 0 Å². The van der Waals surface area contributed by atoms with Gasteiger partial charge in [0.1, 0.15) is 0 Å². The Morgan fingerprint density at radius 3 is 1.96 bits per heavy atom. The van der Waals surface area contributed by atoms with E-state index >= 15 is 0 Å². The molecule has 0 unspecified atom stereocenters. The van der Waals surface area contributed by atoms with Gasteiger partial charge >= 0.3 is 26.2 Å². The van der Waals surface area contributed by atoms with E-state index in [1.54, 1.807) is 0 Å². The molecular weight excluding hydrogens is 426 g/mol. The molecule has 0 spiro atoms. The SMILES string of the molecule is Cc1cc2c([c-]c1C(C)(C)C)Cc1cc(C(C)(C)C)ccc1-2.[Cl-].[Cl-].[Zr+3]. The van der Waals surface area contributed by atoms with E-state index in [1.165, 1.54) is 38.9 Å². The third kappa shape index (κ3) is 4.80. The Balaban J connectivity index is 0.00000192. The smallest absolute Gasteiger partial charge is 1.00 e. The molecule has 0 N–H and O–H groups in total. The Kier molecular flexibility index (Phi) is 8.25. The summed E-state index contributed by atoms with van der Waals surface area (Å²) in [6, 6.07) is 13.1. The molecule has 0 nitrogen and oxygen atoms in total. The minimum absolute atomic E-state index is 0. The number of hydrogen-bond donors (Lipinski definition) is 0. The van der Waals surface area contributed by atoms with Crippen LogP contribution >= 0.6 is 0 Å². The van der Waals surface area contributed by atoms with Crippen molar-refractivity contribution >= 4 is 0 Å². The Morgan fingerprint density at radius 1 is 0.840 bits per heavy atom. The average molecular weight is 454 g/mol. The zero-order valence-electron chi connectivity index (χ0n) is 16.3. The summed E-state index contributed by atoms with van der Waals surface area (Å²) < 4.78 is 0. The second-order valence-corrected chi connectivity index (χ2v) is 8.77. The van der Waals surface area contributed by atoms with Crippen LogP contribution in [0, 0.1) is 13.0 Å². The minimum Gasteiger partial charge on any atom is -1.00 e. The van der Waals surface area contributed by atoms with Gasteiger partial charge in [-0.15, -0.1) is 11.1 Å². The Bertz CT molecular complexity index is 750. The topological polar surface area (TPSA) is 0 Å². The maximum atomic E-state index is 3.74. The first-order chi connectivity index (χ1) is 10.1. The van der Waals surface area contributed by atoms with Crippen molar-refractivity contribution < 1.29 is 51.0 Å². The number of rotatable bonds is 0. The van der Waals surface area contributed by atoms with Gasteiger partial charge < -0.3 is 24.8 Å². The van der Waals surface area contributed by atoms with Crippen molar-refractivity contribution in [2.24, 2.45) is 0 Å². The molecule has 2 aromatic rings. The molecule has 0 amide bonds. The predicted molar refractivity (Wildman–Crippen MR) is 95.7 cm³/mol. The zero-order chi connectivity index (χ0) is 16.3. The molecule has 0 aromatic heterocycles. The molecule has 2 aromatic carbocycles. The Labute approximate surface area is 185 Å². The molecule has 0 aliphatic heterocycles. The van der Waals surface area contributed by atoms with Crippen molar-refractivity contribution in [2.75, 3.05) is 0 Å². The standard InChI is InChI=1S/C22H27.2ClH.Zr/c1-14-10-19-16(13-20(14)22(5,6)7)11-15-12-17(21(2,3)4)8-9-18(15)19;;;/h8-10,12H,11H2,1-7H3;2*1H;/q-1;;;+3/p-2. The largest absolute Gasteiger partial charge is 3.00 e. The molecule has 1 aliphatic carbocycles. The van der Waals surface area contributed by atoms with Crippen LogP contribution in [-0.4, -0.2) is 0 Å². The molecule has 0 heterocycles. The van der Waals surface area contributed by atoms with Crippen LogP contribution in [-0.2, 0) is 43.5 Å². The molecule has 0 bridgehead atoms. The monoisotopic (exact) mass is 451 g/mol. The van der Waals surface area contributed by atoms with Gasteiger partial charge in [0.2, 0.25) is 0 Å². The van der Waals surface area contributed by atoms with Gasteiger partial charge in [0.05, 0.1) is 0 Å². The summed E-state index contributed by atoms with van der Waals surface area (Å²) in [6.45, 7) is 15.9. The summed E-state index contributed by atoms with van der Waals surface area (Å²) >= 11 is 0. The molecule has 3 heteroatoms. The van der Waals surface area contributed by atoms with Crippen molar-refractivity contribution in [1.29, 1.82) is 0 Å². The first-order valence-electron chi connectivity index (χ1n) is 8.27. The van der Waals surface area contributed by atoms with Crippen LogP contribution in [0.3, 0.4) is 0 Å². The summed E-state index contributed by atoms with van der Waals surface area (Å²) in [5.41, 5.74) is 10.1. The summed E-state index contributed by atoms with van der Waals surface area (Å²) in [4.78, 5) is 0. The number of fused-ring (bicyclic) bond motifs is 3. The quantitative estimate of drug-likeness (QED) is 0.420. The second-order valence-electron chi connectivity index (χ2n) is 8.77. The number of hydrogen-bond acceptors (Lipinski definition) is 0. The number of aryl methyl sites for hydroxylation is 1. The van der Waals surface area contributed by atoms with Crippen LogP contribution in [0.5, 0.6) is 0 Å². The summed E-state index contributed by atoms with van der Waals surface area (Å²) in [6.07, 6.45) is 1.03. The van der Waals surface area contributed by atoms with Crippen LogP contribution in [0.15, 0.2) is 24.3 Å². The normalized spacial score (nSPS) is 12.3. The predicted octanol–water partition coefficient (Wildman–Crippen LogP) is -0.0331. The van der Waals surface area contributed by atoms with Crippen molar-refractivity contribution in [2.45, 2.75) is 65.7 Å². The molecule has 0 atom stereocenters. The third-order valence-corrected chi connectivity index (χ3v) is 4.73. The van der Waals surface area contributed by atoms with E-state index in [-0.39, 0.29) is 61.8 Å². The average Bonchev–Trinajstić information content (AvgIpc) is 2.72. The van der Waals surface area contributed by atoms with E-state index in [2.05, 4.69) is 78.8 Å². The van der Waals surface area contributed by atoms with Gasteiger partial charge in [0.15, 0.2) is 0 Å². The fourth-order valence-electron chi connectivity index (χ4n) is 3.51. The third-order valence-electron chi connectivity index (χ3n) is 4.73. The first-order valence-corrected chi connectivity index (χ1v) is 8.27. The molecule has 3 rings (SSSR count). The summed E-state index contributed by atoms with van der Waals surface area (Å²) in [5, 5.41) is 0. The van der Waals surface area contributed by atoms with Gasteiger partial charge in [-0.2, -0.15) is 23.3 Å². The van der Waals surface area contributed by atoms with Gasteiger partial charge in [0.25, 0.3) is 0 Å². The molecular formula is C22H27Cl2Zr. The first kappa shape index (κ1) is 24.9. The fraction of sp³-hybridized carbons (Fsp3) is 0.455. The molecule has 0 saturated carbocycles. The zero-order valence-corrected chi connectivity index (χ0v) is 20.2. The van der Waals surface area contributed by atoms with E-state index in [1.807, 2.05) is 0 Å². The summed E-state index contributed by atoms with van der Waals surface area (Å²) in [5.74, 6) is 0. The van der Waals surface area contributed by atoms with Crippen LogP contribution in [0.4, 0.5) is 0 Å². The van der Waals surface area contributed by atoms with Crippen molar-refractivity contribution in [3.05, 3.63) is 58.1 Å². The van der Waals surface area contributed by atoms with Gasteiger partial charge in [-0.05, 0) is 28.4 Å². The van der Waals surface area contributed by atoms with Gasteiger partial charge in [-0.3, -0.25) is 0 Å². The van der Waals surface area contributed by atoms with E-state index in [0.29, 0.717) is 0 Å². The fourth-order valence-corrected chi connectivity index (χ4v) is 3.51. The number of benzene rings is 2. The molecule has 1 radical (unpaired) electrons. The molecule has 133 valence electrons. The second kappa shape index (κ2) is 8.28. The molecule has 0 fully saturated rings. The molecule has 1 aliphatic rings. The maximum Gasteiger partial charge on any atom is 3.00 e. The van der Waals surface area contributed by atoms with Crippen molar-refractivity contribution in [1.82, 2.24) is 0 Å². The summed E-state index contributed by atoms with van der Waals surface area (Å²) in [7, 11) is 0. The van der Waals surface area contributed by atoms with Crippen molar-refractivity contribution in [3.8, 4) is 11.1 Å². The van der Waals surface area contributed by atoms with E-state index in [0.717, 1.165) is 6.42 Å².